The van der Waals surface area contributed by atoms with E-state index in [-0.39, 0.29) is 17.7 Å². The van der Waals surface area contributed by atoms with E-state index < -0.39 is 18.0 Å². The van der Waals surface area contributed by atoms with Crippen LogP contribution < -0.4 is 14.9 Å². The van der Waals surface area contributed by atoms with Gasteiger partial charge in [-0.15, -0.1) is 0 Å². The molecule has 0 fully saturated rings. The van der Waals surface area contributed by atoms with Gasteiger partial charge in [0, 0.05) is 4.47 Å². The van der Waals surface area contributed by atoms with Crippen LogP contribution in [-0.2, 0) is 14.3 Å². The number of benzene rings is 2. The number of esters is 2. The molecular weight excluding hydrogens is 520 g/mol. The van der Waals surface area contributed by atoms with Gasteiger partial charge in [-0.25, -0.2) is 14.6 Å². The molecule has 0 spiro atoms. The van der Waals surface area contributed by atoms with Crippen molar-refractivity contribution >= 4 is 45.3 Å². The first kappa shape index (κ1) is 23.8. The normalized spacial score (nSPS) is 15.5. The topological polar surface area (TPSA) is 87.0 Å². The molecule has 34 heavy (non-hydrogen) atoms. The molecule has 0 amide bonds. The summed E-state index contributed by atoms with van der Waals surface area (Å²) < 4.78 is 13.0. The molecule has 0 radical (unpaired) electrons. The SMILES string of the molecule is CCOC(=O)C1=C(C)N=c2sc(=Cc3ccc(Br)cc3)c(=O)n2C1c1ccc(C(=O)OC)cc1. The van der Waals surface area contributed by atoms with Gasteiger partial charge < -0.3 is 9.47 Å². The molecule has 1 unspecified atom stereocenters. The second-order valence-corrected chi connectivity index (χ2v) is 9.39. The number of methoxy groups -OCH3 is 1. The molecule has 4 rings (SSSR count). The van der Waals surface area contributed by atoms with Crippen LogP contribution in [0, 0.1) is 0 Å². The van der Waals surface area contributed by atoms with Crippen molar-refractivity contribution in [2.45, 2.75) is 19.9 Å². The van der Waals surface area contributed by atoms with Gasteiger partial charge in [-0.05, 0) is 55.3 Å². The monoisotopic (exact) mass is 540 g/mol. The molecule has 3 aromatic rings. The number of rotatable bonds is 5. The maximum Gasteiger partial charge on any atom is 0.338 e. The third-order valence-electron chi connectivity index (χ3n) is 5.33. The van der Waals surface area contributed by atoms with Crippen LogP contribution in [0.4, 0.5) is 0 Å². The minimum atomic E-state index is -0.742. The lowest BCUT2D eigenvalue weighted by molar-refractivity contribution is -0.139. The maximum absolute atomic E-state index is 13.5. The Morgan fingerprint density at radius 1 is 1.12 bits per heavy atom. The van der Waals surface area contributed by atoms with Crippen molar-refractivity contribution in [2.24, 2.45) is 4.99 Å². The molecule has 0 N–H and O–H groups in total. The van der Waals surface area contributed by atoms with Gasteiger partial charge in [-0.1, -0.05) is 51.5 Å². The highest BCUT2D eigenvalue weighted by molar-refractivity contribution is 9.10. The van der Waals surface area contributed by atoms with Crippen LogP contribution in [0.3, 0.4) is 0 Å². The van der Waals surface area contributed by atoms with Crippen LogP contribution in [0.5, 0.6) is 0 Å². The maximum atomic E-state index is 13.5. The third-order valence-corrected chi connectivity index (χ3v) is 6.84. The molecule has 2 heterocycles. The van der Waals surface area contributed by atoms with Crippen molar-refractivity contribution in [3.63, 3.8) is 0 Å². The number of halogens is 1. The molecule has 0 saturated heterocycles. The Balaban J connectivity index is 1.91. The lowest BCUT2D eigenvalue weighted by atomic mass is 9.95. The average molecular weight is 541 g/mol. The Morgan fingerprint density at radius 3 is 2.41 bits per heavy atom. The van der Waals surface area contributed by atoms with Crippen molar-refractivity contribution in [2.75, 3.05) is 13.7 Å². The first-order chi connectivity index (χ1) is 16.3. The standard InChI is InChI=1S/C25H21BrN2O5S/c1-4-33-24(31)20-14(2)27-25-28(21(20)16-7-9-17(10-8-16)23(30)32-3)22(29)19(34-25)13-15-5-11-18(26)12-6-15/h5-13,21H,4H2,1-3H3. The van der Waals surface area contributed by atoms with E-state index in [4.69, 9.17) is 9.47 Å². The Labute approximate surface area is 207 Å². The number of carbonyl (C=O) groups is 2. The summed E-state index contributed by atoms with van der Waals surface area (Å²) in [5.41, 5.74) is 2.40. The number of carbonyl (C=O) groups excluding carboxylic acids is 2. The van der Waals surface area contributed by atoms with Gasteiger partial charge in [0.25, 0.3) is 5.56 Å². The molecule has 1 aliphatic heterocycles. The summed E-state index contributed by atoms with van der Waals surface area (Å²) >= 11 is 4.67. The molecule has 174 valence electrons. The quantitative estimate of drug-likeness (QED) is 0.463. The smallest absolute Gasteiger partial charge is 0.338 e. The summed E-state index contributed by atoms with van der Waals surface area (Å²) in [6.07, 6.45) is 1.80. The zero-order chi connectivity index (χ0) is 24.4. The molecule has 0 saturated carbocycles. The van der Waals surface area contributed by atoms with Gasteiger partial charge in [0.1, 0.15) is 0 Å². The van der Waals surface area contributed by atoms with Gasteiger partial charge in [0.05, 0.1) is 41.1 Å². The number of ether oxygens (including phenoxy) is 2. The Morgan fingerprint density at radius 2 is 1.79 bits per heavy atom. The number of thiazole rings is 1. The number of nitrogens with zero attached hydrogens (tertiary/aromatic N) is 2. The van der Waals surface area contributed by atoms with Crippen LogP contribution in [0.15, 0.2) is 74.1 Å². The zero-order valence-electron chi connectivity index (χ0n) is 18.7. The lowest BCUT2D eigenvalue weighted by Gasteiger charge is -2.24. The third kappa shape index (κ3) is 4.53. The molecule has 0 aliphatic carbocycles. The molecular formula is C25H21BrN2O5S. The van der Waals surface area contributed by atoms with Crippen LogP contribution in [0.1, 0.15) is 41.4 Å². The van der Waals surface area contributed by atoms with E-state index in [0.29, 0.717) is 26.2 Å². The number of fused-ring (bicyclic) bond motifs is 1. The molecule has 1 atom stereocenters. The van der Waals surface area contributed by atoms with Gasteiger partial charge in [0.15, 0.2) is 4.80 Å². The second-order valence-electron chi connectivity index (χ2n) is 7.47. The van der Waals surface area contributed by atoms with E-state index in [1.54, 1.807) is 44.2 Å². The number of allylic oxidation sites excluding steroid dienone is 1. The first-order valence-corrected chi connectivity index (χ1v) is 12.1. The van der Waals surface area contributed by atoms with E-state index in [1.165, 1.54) is 23.0 Å². The second kappa shape index (κ2) is 9.90. The fourth-order valence-electron chi connectivity index (χ4n) is 3.74. The van der Waals surface area contributed by atoms with Crippen LogP contribution in [0.25, 0.3) is 6.08 Å². The van der Waals surface area contributed by atoms with Crippen LogP contribution >= 0.6 is 27.3 Å². The Hall–Kier alpha value is -3.30. The predicted octanol–water partition coefficient (Wildman–Crippen LogP) is 3.35. The highest BCUT2D eigenvalue weighted by Crippen LogP contribution is 2.31. The molecule has 9 heteroatoms. The van der Waals surface area contributed by atoms with Crippen molar-refractivity contribution in [1.82, 2.24) is 4.57 Å². The Kier molecular flexibility index (Phi) is 6.95. The van der Waals surface area contributed by atoms with E-state index >= 15 is 0 Å². The fraction of sp³-hybridized carbons (Fsp3) is 0.200. The van der Waals surface area contributed by atoms with E-state index in [9.17, 15) is 14.4 Å². The van der Waals surface area contributed by atoms with Crippen molar-refractivity contribution in [3.8, 4) is 0 Å². The number of hydrogen-bond donors (Lipinski definition) is 0. The summed E-state index contributed by atoms with van der Waals surface area (Å²) in [6, 6.07) is 13.5. The van der Waals surface area contributed by atoms with Gasteiger partial charge in [-0.2, -0.15) is 0 Å². The lowest BCUT2D eigenvalue weighted by Crippen LogP contribution is -2.39. The molecule has 2 aromatic carbocycles. The predicted molar refractivity (Wildman–Crippen MR) is 132 cm³/mol. The van der Waals surface area contributed by atoms with Crippen LogP contribution in [-0.4, -0.2) is 30.2 Å². The highest BCUT2D eigenvalue weighted by atomic mass is 79.9. The van der Waals surface area contributed by atoms with Crippen molar-refractivity contribution in [1.29, 1.82) is 0 Å². The first-order valence-electron chi connectivity index (χ1n) is 10.5. The van der Waals surface area contributed by atoms with Crippen molar-refractivity contribution in [3.05, 3.63) is 101 Å². The number of aromatic nitrogens is 1. The Bertz CT molecular complexity index is 1470. The van der Waals surface area contributed by atoms with E-state index in [0.717, 1.165) is 10.0 Å². The molecule has 1 aromatic heterocycles. The van der Waals surface area contributed by atoms with Crippen molar-refractivity contribution < 1.29 is 19.1 Å². The van der Waals surface area contributed by atoms with Crippen LogP contribution in [0.2, 0.25) is 0 Å². The summed E-state index contributed by atoms with van der Waals surface area (Å²) in [5.74, 6) is -1.00. The van der Waals surface area contributed by atoms with E-state index in [1.807, 2.05) is 24.3 Å². The highest BCUT2D eigenvalue weighted by Gasteiger charge is 2.33. The average Bonchev–Trinajstić information content (AvgIpc) is 3.13. The van der Waals surface area contributed by atoms with Gasteiger partial charge in [0.2, 0.25) is 0 Å². The molecule has 0 bridgehead atoms. The largest absolute Gasteiger partial charge is 0.465 e. The van der Waals surface area contributed by atoms with Gasteiger partial charge >= 0.3 is 11.9 Å². The summed E-state index contributed by atoms with van der Waals surface area (Å²) in [4.78, 5) is 43.4. The van der Waals surface area contributed by atoms with Gasteiger partial charge in [-0.3, -0.25) is 9.36 Å². The summed E-state index contributed by atoms with van der Waals surface area (Å²) in [6.45, 7) is 3.65. The summed E-state index contributed by atoms with van der Waals surface area (Å²) in [7, 11) is 1.31. The minimum Gasteiger partial charge on any atom is -0.465 e. The minimum absolute atomic E-state index is 0.192. The molecule has 7 nitrogen and oxygen atoms in total. The summed E-state index contributed by atoms with van der Waals surface area (Å²) in [5, 5.41) is 0. The molecule has 1 aliphatic rings. The number of hydrogen-bond acceptors (Lipinski definition) is 7. The fourth-order valence-corrected chi connectivity index (χ4v) is 5.05. The van der Waals surface area contributed by atoms with E-state index in [2.05, 4.69) is 20.9 Å². The zero-order valence-corrected chi connectivity index (χ0v) is 21.1.